The molecule has 3 nitrogen and oxygen atoms in total. The van der Waals surface area contributed by atoms with E-state index in [4.69, 9.17) is 14.7 Å². The van der Waals surface area contributed by atoms with Crippen molar-refractivity contribution in [3.8, 4) is 6.07 Å². The van der Waals surface area contributed by atoms with Crippen molar-refractivity contribution < 1.29 is 9.47 Å². The Hall–Kier alpha value is -1.02. The zero-order chi connectivity index (χ0) is 13.7. The third kappa shape index (κ3) is 3.50. The molecule has 0 amide bonds. The molecule has 1 aromatic rings. The second-order valence-electron chi connectivity index (χ2n) is 4.40. The van der Waals surface area contributed by atoms with Crippen molar-refractivity contribution in [1.29, 1.82) is 5.26 Å². The van der Waals surface area contributed by atoms with Gasteiger partial charge in [-0.25, -0.2) is 0 Å². The first-order valence-corrected chi connectivity index (χ1v) is 7.65. The Kier molecular flexibility index (Phi) is 5.26. The molecule has 0 heterocycles. The van der Waals surface area contributed by atoms with Crippen molar-refractivity contribution in [2.24, 2.45) is 0 Å². The summed E-state index contributed by atoms with van der Waals surface area (Å²) < 4.78 is 11.0. The second kappa shape index (κ2) is 6.95. The van der Waals surface area contributed by atoms with Crippen LogP contribution in [0.2, 0.25) is 0 Å². The van der Waals surface area contributed by atoms with Crippen molar-refractivity contribution in [3.63, 3.8) is 0 Å². The minimum Gasteiger partial charge on any atom is -0.352 e. The number of ether oxygens (including phenoxy) is 2. The fourth-order valence-corrected chi connectivity index (χ4v) is 3.09. The lowest BCUT2D eigenvalue weighted by atomic mass is 9.79. The lowest BCUT2D eigenvalue weighted by Crippen LogP contribution is -2.20. The minimum atomic E-state index is -0.141. The normalized spacial score (nSPS) is 16.8. The van der Waals surface area contributed by atoms with Crippen molar-refractivity contribution >= 4 is 11.8 Å². The molecule has 0 saturated carbocycles. The topological polar surface area (TPSA) is 42.2 Å². The summed E-state index contributed by atoms with van der Waals surface area (Å²) >= 11 is 1.74. The van der Waals surface area contributed by atoms with E-state index in [9.17, 15) is 0 Å². The third-order valence-corrected chi connectivity index (χ3v) is 4.19. The monoisotopic (exact) mass is 277 g/mol. The first-order chi connectivity index (χ1) is 9.28. The summed E-state index contributed by atoms with van der Waals surface area (Å²) in [4.78, 5) is 1.22. The first-order valence-electron chi connectivity index (χ1n) is 6.66. The Morgan fingerprint density at radius 3 is 2.68 bits per heavy atom. The molecule has 19 heavy (non-hydrogen) atoms. The number of rotatable bonds is 7. The highest BCUT2D eigenvalue weighted by atomic mass is 32.2. The molecule has 0 saturated heterocycles. The summed E-state index contributed by atoms with van der Waals surface area (Å²) in [6.45, 7) is 5.28. The largest absolute Gasteiger partial charge is 0.352 e. The molecule has 0 bridgehead atoms. The number of benzene rings is 1. The highest BCUT2D eigenvalue weighted by molar-refractivity contribution is 7.99. The summed E-state index contributed by atoms with van der Waals surface area (Å²) in [5.74, 6) is 0.899. The second-order valence-corrected chi connectivity index (χ2v) is 5.49. The van der Waals surface area contributed by atoms with Crippen LogP contribution in [0.4, 0.5) is 0 Å². The van der Waals surface area contributed by atoms with Crippen LogP contribution in [0.5, 0.6) is 0 Å². The van der Waals surface area contributed by atoms with Gasteiger partial charge >= 0.3 is 0 Å². The van der Waals surface area contributed by atoms with Crippen LogP contribution in [-0.4, -0.2) is 25.3 Å². The van der Waals surface area contributed by atoms with E-state index >= 15 is 0 Å². The van der Waals surface area contributed by atoms with Crippen LogP contribution in [0, 0.1) is 11.3 Å². The maximum Gasteiger partial charge on any atom is 0.166 e. The lowest BCUT2D eigenvalue weighted by molar-refractivity contribution is -0.120. The van der Waals surface area contributed by atoms with Gasteiger partial charge in [-0.15, -0.1) is 11.8 Å². The van der Waals surface area contributed by atoms with Crippen LogP contribution in [-0.2, 0) is 15.9 Å². The highest BCUT2D eigenvalue weighted by Gasteiger charge is 2.25. The van der Waals surface area contributed by atoms with E-state index in [1.807, 2.05) is 13.8 Å². The standard InChI is InChI=1S/C15H19NO2S/c1-3-17-15(18-4-2)10-19-13-5-6-14-11(8-13)7-12(14)9-16/h5-6,8,12,15H,3-4,7,10H2,1-2H3. The van der Waals surface area contributed by atoms with Gasteiger partial charge in [0.2, 0.25) is 0 Å². The summed E-state index contributed by atoms with van der Waals surface area (Å²) in [6.07, 6.45) is 0.749. The molecule has 1 aromatic carbocycles. The molecule has 4 heteroatoms. The molecule has 0 aromatic heterocycles. The number of thioether (sulfide) groups is 1. The molecule has 0 spiro atoms. The molecular formula is C15H19NO2S. The van der Waals surface area contributed by atoms with Crippen molar-refractivity contribution in [1.82, 2.24) is 0 Å². The Bertz CT molecular complexity index is 464. The van der Waals surface area contributed by atoms with E-state index < -0.39 is 0 Å². The average molecular weight is 277 g/mol. The van der Waals surface area contributed by atoms with E-state index in [-0.39, 0.29) is 12.2 Å². The number of nitrogens with zero attached hydrogens (tertiary/aromatic N) is 1. The Balaban J connectivity index is 1.90. The van der Waals surface area contributed by atoms with Crippen LogP contribution in [0.15, 0.2) is 23.1 Å². The van der Waals surface area contributed by atoms with Crippen molar-refractivity contribution in [2.45, 2.75) is 37.4 Å². The number of fused-ring (bicyclic) bond motifs is 1. The van der Waals surface area contributed by atoms with Gasteiger partial charge in [0.25, 0.3) is 0 Å². The number of hydrogen-bond donors (Lipinski definition) is 0. The summed E-state index contributed by atoms with van der Waals surface area (Å²) in [6, 6.07) is 8.66. The molecule has 1 aliphatic carbocycles. The average Bonchev–Trinajstić information content (AvgIpc) is 2.39. The smallest absolute Gasteiger partial charge is 0.166 e. The van der Waals surface area contributed by atoms with Gasteiger partial charge in [-0.05, 0) is 43.5 Å². The maximum atomic E-state index is 8.91. The van der Waals surface area contributed by atoms with Crippen molar-refractivity contribution in [2.75, 3.05) is 19.0 Å². The first kappa shape index (κ1) is 14.4. The molecule has 1 unspecified atom stereocenters. The summed E-state index contributed by atoms with van der Waals surface area (Å²) in [5, 5.41) is 8.91. The Morgan fingerprint density at radius 1 is 1.37 bits per heavy atom. The van der Waals surface area contributed by atoms with Gasteiger partial charge in [0, 0.05) is 23.9 Å². The van der Waals surface area contributed by atoms with E-state index in [2.05, 4.69) is 24.3 Å². The summed E-state index contributed by atoms with van der Waals surface area (Å²) in [7, 11) is 0. The molecule has 0 N–H and O–H groups in total. The molecule has 1 aliphatic rings. The fraction of sp³-hybridized carbons (Fsp3) is 0.533. The van der Waals surface area contributed by atoms with Gasteiger partial charge in [-0.2, -0.15) is 5.26 Å². The highest BCUT2D eigenvalue weighted by Crippen LogP contribution is 2.37. The molecule has 0 radical (unpaired) electrons. The molecule has 0 fully saturated rings. The minimum absolute atomic E-state index is 0.105. The quantitative estimate of drug-likeness (QED) is 0.566. The zero-order valence-electron chi connectivity index (χ0n) is 11.4. The molecular weight excluding hydrogens is 258 g/mol. The van der Waals surface area contributed by atoms with Crippen molar-refractivity contribution in [3.05, 3.63) is 29.3 Å². The summed E-state index contributed by atoms with van der Waals surface area (Å²) in [5.41, 5.74) is 2.50. The molecule has 102 valence electrons. The molecule has 1 atom stereocenters. The van der Waals surface area contributed by atoms with Crippen LogP contribution in [0.25, 0.3) is 0 Å². The van der Waals surface area contributed by atoms with E-state index in [0.29, 0.717) is 13.2 Å². The molecule has 2 rings (SSSR count). The number of nitriles is 1. The maximum absolute atomic E-state index is 8.91. The predicted octanol–water partition coefficient (Wildman–Crippen LogP) is 3.34. The van der Waals surface area contributed by atoms with Crippen LogP contribution in [0.1, 0.15) is 30.9 Å². The Morgan fingerprint density at radius 2 is 2.11 bits per heavy atom. The van der Waals surface area contributed by atoms with Gasteiger partial charge in [-0.1, -0.05) is 6.07 Å². The van der Waals surface area contributed by atoms with Gasteiger partial charge in [0.1, 0.15) is 0 Å². The van der Waals surface area contributed by atoms with E-state index in [0.717, 1.165) is 12.2 Å². The SMILES string of the molecule is CCOC(CSc1ccc2c(c1)CC2C#N)OCC. The van der Waals surface area contributed by atoms with E-state index in [1.54, 1.807) is 11.8 Å². The van der Waals surface area contributed by atoms with E-state index in [1.165, 1.54) is 16.0 Å². The lowest BCUT2D eigenvalue weighted by Gasteiger charge is -2.25. The van der Waals surface area contributed by atoms with Gasteiger partial charge in [-0.3, -0.25) is 0 Å². The van der Waals surface area contributed by atoms with Crippen LogP contribution in [0.3, 0.4) is 0 Å². The molecule has 0 aliphatic heterocycles. The van der Waals surface area contributed by atoms with Crippen LogP contribution >= 0.6 is 11.8 Å². The van der Waals surface area contributed by atoms with Gasteiger partial charge in [0.15, 0.2) is 6.29 Å². The third-order valence-electron chi connectivity index (χ3n) is 3.16. The van der Waals surface area contributed by atoms with Gasteiger partial charge in [0.05, 0.1) is 12.0 Å². The predicted molar refractivity (Wildman–Crippen MR) is 76.3 cm³/mol. The Labute approximate surface area is 118 Å². The fourth-order valence-electron chi connectivity index (χ4n) is 2.18. The zero-order valence-corrected chi connectivity index (χ0v) is 12.2. The van der Waals surface area contributed by atoms with Crippen LogP contribution < -0.4 is 0 Å². The van der Waals surface area contributed by atoms with Gasteiger partial charge < -0.3 is 9.47 Å². The number of hydrogen-bond acceptors (Lipinski definition) is 4.